The largest absolute Gasteiger partial charge is 0.462 e. The van der Waals surface area contributed by atoms with E-state index in [9.17, 15) is 14.4 Å². The van der Waals surface area contributed by atoms with E-state index in [1.807, 2.05) is 0 Å². The number of hydrogen-bond acceptors (Lipinski definition) is 6. The lowest BCUT2D eigenvalue weighted by atomic mass is 10.1. The molecule has 0 bridgehead atoms. The third kappa shape index (κ3) is 54.9. The van der Waals surface area contributed by atoms with E-state index >= 15 is 0 Å². The smallest absolute Gasteiger partial charge is 0.306 e. The van der Waals surface area contributed by atoms with Crippen molar-refractivity contribution in [3.8, 4) is 0 Å². The van der Waals surface area contributed by atoms with E-state index in [0.29, 0.717) is 19.3 Å². The van der Waals surface area contributed by atoms with Crippen molar-refractivity contribution in [1.82, 2.24) is 0 Å². The number of esters is 3. The van der Waals surface area contributed by atoms with Gasteiger partial charge in [-0.15, -0.1) is 0 Å². The first-order chi connectivity index (χ1) is 34.0. The van der Waals surface area contributed by atoms with Crippen molar-refractivity contribution in [3.05, 3.63) is 109 Å². The number of hydrogen-bond donors (Lipinski definition) is 0. The predicted octanol–water partition coefficient (Wildman–Crippen LogP) is 19.1. The molecule has 69 heavy (non-hydrogen) atoms. The van der Waals surface area contributed by atoms with Gasteiger partial charge in [0.1, 0.15) is 13.2 Å². The minimum Gasteiger partial charge on any atom is -0.462 e. The third-order valence-electron chi connectivity index (χ3n) is 11.8. The van der Waals surface area contributed by atoms with Crippen LogP contribution in [0.1, 0.15) is 252 Å². The Morgan fingerprint density at radius 3 is 0.928 bits per heavy atom. The Kier molecular flexibility index (Phi) is 53.4. The van der Waals surface area contributed by atoms with Gasteiger partial charge in [-0.25, -0.2) is 0 Å². The van der Waals surface area contributed by atoms with Crippen molar-refractivity contribution < 1.29 is 28.6 Å². The molecule has 0 radical (unpaired) electrons. The Morgan fingerprint density at radius 2 is 0.565 bits per heavy atom. The molecule has 0 aromatic heterocycles. The van der Waals surface area contributed by atoms with E-state index in [-0.39, 0.29) is 31.1 Å². The van der Waals surface area contributed by atoms with Crippen LogP contribution < -0.4 is 0 Å². The highest BCUT2D eigenvalue weighted by molar-refractivity contribution is 5.71. The normalized spacial score (nSPS) is 12.9. The van der Waals surface area contributed by atoms with Crippen LogP contribution in [0, 0.1) is 0 Å². The SMILES string of the molecule is CC/C=C\C/C=C\C/C=C\C/C=C\C/C=C\C/C=C\C/C=C\CCCCCC(=O)OCC(COC(=O)CCCCCCCCC)OC(=O)CCCCCCCCCCC/C=C\C/C=C\CCCCC. The highest BCUT2D eigenvalue weighted by atomic mass is 16.6. The van der Waals surface area contributed by atoms with Gasteiger partial charge < -0.3 is 14.2 Å². The lowest BCUT2D eigenvalue weighted by Crippen LogP contribution is -2.30. The summed E-state index contributed by atoms with van der Waals surface area (Å²) >= 11 is 0. The number of unbranched alkanes of at least 4 members (excludes halogenated alkanes) is 21. The Balaban J connectivity index is 4.30. The van der Waals surface area contributed by atoms with Gasteiger partial charge in [-0.1, -0.05) is 233 Å². The van der Waals surface area contributed by atoms with Crippen molar-refractivity contribution in [2.24, 2.45) is 0 Å². The average Bonchev–Trinajstić information content (AvgIpc) is 3.35. The van der Waals surface area contributed by atoms with E-state index in [0.717, 1.165) is 116 Å². The van der Waals surface area contributed by atoms with Crippen LogP contribution >= 0.6 is 0 Å². The molecule has 6 nitrogen and oxygen atoms in total. The van der Waals surface area contributed by atoms with Crippen molar-refractivity contribution in [1.29, 1.82) is 0 Å². The van der Waals surface area contributed by atoms with Crippen LogP contribution in [0.15, 0.2) is 109 Å². The molecule has 0 aromatic carbocycles. The molecule has 1 atom stereocenters. The minimum atomic E-state index is -0.793. The number of ether oxygens (including phenoxy) is 3. The van der Waals surface area contributed by atoms with Crippen LogP contribution in [0.3, 0.4) is 0 Å². The van der Waals surface area contributed by atoms with Crippen LogP contribution in [0.25, 0.3) is 0 Å². The molecule has 0 rings (SSSR count). The molecular weight excluding hydrogens is 853 g/mol. The van der Waals surface area contributed by atoms with Crippen LogP contribution in [-0.4, -0.2) is 37.2 Å². The van der Waals surface area contributed by atoms with Gasteiger partial charge in [-0.3, -0.25) is 14.4 Å². The van der Waals surface area contributed by atoms with Crippen LogP contribution in [-0.2, 0) is 28.6 Å². The molecular formula is C63H104O6. The first-order valence-electron chi connectivity index (χ1n) is 28.4. The molecule has 0 saturated carbocycles. The first-order valence-corrected chi connectivity index (χ1v) is 28.4. The van der Waals surface area contributed by atoms with E-state index in [2.05, 4.69) is 130 Å². The molecule has 0 spiro atoms. The van der Waals surface area contributed by atoms with Gasteiger partial charge in [0.05, 0.1) is 0 Å². The predicted molar refractivity (Wildman–Crippen MR) is 297 cm³/mol. The van der Waals surface area contributed by atoms with Crippen molar-refractivity contribution >= 4 is 17.9 Å². The summed E-state index contributed by atoms with van der Waals surface area (Å²) in [4.78, 5) is 37.9. The number of carbonyl (C=O) groups excluding carboxylic acids is 3. The Labute approximate surface area is 425 Å². The summed E-state index contributed by atoms with van der Waals surface area (Å²) in [6, 6.07) is 0. The fraction of sp³-hybridized carbons (Fsp3) is 0.667. The van der Waals surface area contributed by atoms with Gasteiger partial charge in [0, 0.05) is 19.3 Å². The second kappa shape index (κ2) is 56.7. The molecule has 0 aromatic rings. The standard InChI is InChI=1S/C63H104O6/c1-4-7-10-13-16-18-20-22-24-26-28-29-30-31-32-33-35-36-38-40-42-44-47-50-53-56-62(65)68-59-60(58-67-61(64)55-52-49-46-15-12-9-6-3)69-63(66)57-54-51-48-45-43-41-39-37-34-27-25-23-21-19-17-14-11-8-5-2/h7,10,16-19,22-25,28-29,31-32,35-36,40,42,60H,4-6,8-9,11-15,20-21,26-27,30,33-34,37-39,41,43-59H2,1-3H3/b10-7-,18-16-,19-17-,24-22-,25-23-,29-28-,32-31-,36-35-,42-40-. The van der Waals surface area contributed by atoms with Gasteiger partial charge in [0.15, 0.2) is 6.10 Å². The molecule has 0 amide bonds. The molecule has 392 valence electrons. The Morgan fingerprint density at radius 1 is 0.304 bits per heavy atom. The number of rotatable bonds is 50. The quantitative estimate of drug-likeness (QED) is 0.0262. The topological polar surface area (TPSA) is 78.9 Å². The molecule has 0 aliphatic rings. The highest BCUT2D eigenvalue weighted by Crippen LogP contribution is 2.14. The maximum Gasteiger partial charge on any atom is 0.306 e. The summed E-state index contributed by atoms with van der Waals surface area (Å²) in [5, 5.41) is 0. The summed E-state index contributed by atoms with van der Waals surface area (Å²) in [5.74, 6) is -0.937. The second-order valence-corrected chi connectivity index (χ2v) is 18.5. The van der Waals surface area contributed by atoms with Crippen LogP contribution in [0.4, 0.5) is 0 Å². The molecule has 6 heteroatoms. The first kappa shape index (κ1) is 65.1. The summed E-state index contributed by atoms with van der Waals surface area (Å²) in [7, 11) is 0. The Hall–Kier alpha value is -3.93. The summed E-state index contributed by atoms with van der Waals surface area (Å²) < 4.78 is 16.7. The van der Waals surface area contributed by atoms with E-state index in [1.54, 1.807) is 0 Å². The lowest BCUT2D eigenvalue weighted by molar-refractivity contribution is -0.167. The van der Waals surface area contributed by atoms with Gasteiger partial charge in [0.2, 0.25) is 0 Å². The fourth-order valence-corrected chi connectivity index (χ4v) is 7.51. The summed E-state index contributed by atoms with van der Waals surface area (Å²) in [6.07, 6.45) is 76.7. The van der Waals surface area contributed by atoms with Crippen LogP contribution in [0.5, 0.6) is 0 Å². The molecule has 1 unspecified atom stereocenters. The summed E-state index contributed by atoms with van der Waals surface area (Å²) in [6.45, 7) is 6.42. The van der Waals surface area contributed by atoms with Crippen molar-refractivity contribution in [3.63, 3.8) is 0 Å². The minimum absolute atomic E-state index is 0.0912. The second-order valence-electron chi connectivity index (χ2n) is 18.5. The Bertz CT molecular complexity index is 1420. The molecule has 0 heterocycles. The molecule has 0 fully saturated rings. The molecule has 0 aliphatic carbocycles. The monoisotopic (exact) mass is 957 g/mol. The third-order valence-corrected chi connectivity index (χ3v) is 11.8. The fourth-order valence-electron chi connectivity index (χ4n) is 7.51. The van der Waals surface area contributed by atoms with Gasteiger partial charge in [0.25, 0.3) is 0 Å². The van der Waals surface area contributed by atoms with Gasteiger partial charge in [-0.05, 0) is 109 Å². The maximum atomic E-state index is 12.8. The average molecular weight is 958 g/mol. The van der Waals surface area contributed by atoms with Gasteiger partial charge in [-0.2, -0.15) is 0 Å². The highest BCUT2D eigenvalue weighted by Gasteiger charge is 2.19. The van der Waals surface area contributed by atoms with Crippen molar-refractivity contribution in [2.45, 2.75) is 258 Å². The van der Waals surface area contributed by atoms with Crippen LogP contribution in [0.2, 0.25) is 0 Å². The zero-order valence-corrected chi connectivity index (χ0v) is 44.8. The van der Waals surface area contributed by atoms with E-state index < -0.39 is 6.10 Å². The zero-order chi connectivity index (χ0) is 50.0. The summed E-state index contributed by atoms with van der Waals surface area (Å²) in [5.41, 5.74) is 0. The zero-order valence-electron chi connectivity index (χ0n) is 44.8. The van der Waals surface area contributed by atoms with Gasteiger partial charge >= 0.3 is 17.9 Å². The number of carbonyl (C=O) groups is 3. The lowest BCUT2D eigenvalue weighted by Gasteiger charge is -2.18. The van der Waals surface area contributed by atoms with Crippen molar-refractivity contribution in [2.75, 3.05) is 13.2 Å². The maximum absolute atomic E-state index is 12.8. The van der Waals surface area contributed by atoms with E-state index in [1.165, 1.54) is 96.3 Å². The molecule has 0 N–H and O–H groups in total. The van der Waals surface area contributed by atoms with E-state index in [4.69, 9.17) is 14.2 Å². The molecule has 0 aliphatic heterocycles. The molecule has 0 saturated heterocycles. The number of allylic oxidation sites excluding steroid dienone is 18.